The quantitative estimate of drug-likeness (QED) is 0.696. The molecule has 0 radical (unpaired) electrons. The first-order valence-corrected chi connectivity index (χ1v) is 5.42. The molecule has 7 nitrogen and oxygen atoms in total. The number of methoxy groups -OCH3 is 1. The van der Waals surface area contributed by atoms with Gasteiger partial charge in [0.25, 0.3) is 0 Å². The van der Waals surface area contributed by atoms with Gasteiger partial charge in [-0.2, -0.15) is 0 Å². The first kappa shape index (κ1) is 13.6. The van der Waals surface area contributed by atoms with Crippen molar-refractivity contribution in [2.24, 2.45) is 0 Å². The maximum atomic E-state index is 10.9. The van der Waals surface area contributed by atoms with Crippen molar-refractivity contribution >= 4 is 5.97 Å². The molecule has 1 rings (SSSR count). The average molecular weight is 243 g/mol. The molecule has 0 saturated carbocycles. The zero-order chi connectivity index (χ0) is 12.8. The molecule has 1 atom stereocenters. The first-order chi connectivity index (χ1) is 8.10. The molecule has 2 N–H and O–H groups in total. The van der Waals surface area contributed by atoms with Crippen LogP contribution in [0.5, 0.6) is 0 Å². The van der Waals surface area contributed by atoms with Crippen molar-refractivity contribution in [1.82, 2.24) is 15.0 Å². The summed E-state index contributed by atoms with van der Waals surface area (Å²) in [5, 5.41) is 25.9. The van der Waals surface area contributed by atoms with Crippen LogP contribution in [-0.4, -0.2) is 51.0 Å². The number of carbonyl (C=O) groups is 1. The minimum Gasteiger partial charge on any atom is -0.476 e. The van der Waals surface area contributed by atoms with E-state index in [-0.39, 0.29) is 18.8 Å². The molecule has 0 aromatic carbocycles. The molecule has 0 aliphatic rings. The van der Waals surface area contributed by atoms with Crippen LogP contribution in [0.15, 0.2) is 0 Å². The van der Waals surface area contributed by atoms with E-state index >= 15 is 0 Å². The van der Waals surface area contributed by atoms with Gasteiger partial charge in [-0.05, 0) is 6.42 Å². The zero-order valence-corrected chi connectivity index (χ0v) is 9.96. The van der Waals surface area contributed by atoms with E-state index in [1.54, 1.807) is 0 Å². The van der Waals surface area contributed by atoms with E-state index in [1.165, 1.54) is 11.8 Å². The second kappa shape index (κ2) is 6.31. The number of hydrogen-bond donors (Lipinski definition) is 2. The van der Waals surface area contributed by atoms with Crippen LogP contribution in [-0.2, 0) is 17.7 Å². The summed E-state index contributed by atoms with van der Waals surface area (Å²) in [7, 11) is 1.49. The second-order valence-electron chi connectivity index (χ2n) is 3.73. The summed E-state index contributed by atoms with van der Waals surface area (Å²) in [4.78, 5) is 10.9. The highest BCUT2D eigenvalue weighted by Gasteiger charge is 2.19. The molecule has 0 amide bonds. The third kappa shape index (κ3) is 3.50. The van der Waals surface area contributed by atoms with Crippen LogP contribution in [0.2, 0.25) is 0 Å². The Kier molecular flexibility index (Phi) is 5.05. The van der Waals surface area contributed by atoms with Gasteiger partial charge in [0.1, 0.15) is 0 Å². The lowest BCUT2D eigenvalue weighted by molar-refractivity contribution is 0.0504. The monoisotopic (exact) mass is 243 g/mol. The molecule has 1 unspecified atom stereocenters. The van der Waals surface area contributed by atoms with E-state index in [1.807, 2.05) is 6.92 Å². The van der Waals surface area contributed by atoms with Crippen LogP contribution in [0.25, 0.3) is 0 Å². The number of aromatic carboxylic acids is 1. The Morgan fingerprint density at radius 1 is 1.59 bits per heavy atom. The topological polar surface area (TPSA) is 97.5 Å². The number of hydrogen-bond acceptors (Lipinski definition) is 5. The second-order valence-corrected chi connectivity index (χ2v) is 3.73. The third-order valence-electron chi connectivity index (χ3n) is 2.27. The van der Waals surface area contributed by atoms with Gasteiger partial charge in [-0.1, -0.05) is 18.6 Å². The molecule has 0 aliphatic carbocycles. The zero-order valence-electron chi connectivity index (χ0n) is 9.96. The molecule has 0 fully saturated rings. The van der Waals surface area contributed by atoms with Crippen molar-refractivity contribution in [3.05, 3.63) is 11.4 Å². The SMILES string of the molecule is CCCc1c(C(=O)O)nnn1CC(O)COC. The summed E-state index contributed by atoms with van der Waals surface area (Å²) in [6.07, 6.45) is 0.626. The summed E-state index contributed by atoms with van der Waals surface area (Å²) >= 11 is 0. The molecular formula is C10H17N3O4. The molecule has 0 spiro atoms. The number of carboxylic acids is 1. The van der Waals surface area contributed by atoms with Crippen LogP contribution < -0.4 is 0 Å². The molecule has 0 bridgehead atoms. The predicted octanol–water partition coefficient (Wildman–Crippen LogP) is -0.0639. The number of aliphatic hydroxyl groups excluding tert-OH is 1. The fourth-order valence-corrected chi connectivity index (χ4v) is 1.57. The molecule has 1 aromatic heterocycles. The van der Waals surface area contributed by atoms with Crippen molar-refractivity contribution in [2.45, 2.75) is 32.4 Å². The normalized spacial score (nSPS) is 12.6. The van der Waals surface area contributed by atoms with E-state index in [4.69, 9.17) is 9.84 Å². The fraction of sp³-hybridized carbons (Fsp3) is 0.700. The molecule has 0 aliphatic heterocycles. The van der Waals surface area contributed by atoms with Crippen LogP contribution in [0, 0.1) is 0 Å². The fourth-order valence-electron chi connectivity index (χ4n) is 1.57. The Balaban J connectivity index is 2.87. The number of ether oxygens (including phenoxy) is 1. The van der Waals surface area contributed by atoms with Gasteiger partial charge < -0.3 is 14.9 Å². The summed E-state index contributed by atoms with van der Waals surface area (Å²) in [5.41, 5.74) is 0.492. The highest BCUT2D eigenvalue weighted by molar-refractivity contribution is 5.86. The van der Waals surface area contributed by atoms with Gasteiger partial charge in [-0.15, -0.1) is 5.10 Å². The summed E-state index contributed by atoms with van der Waals surface area (Å²) in [6, 6.07) is 0. The van der Waals surface area contributed by atoms with Crippen molar-refractivity contribution in [3.63, 3.8) is 0 Å². The average Bonchev–Trinajstić information content (AvgIpc) is 2.63. The minimum absolute atomic E-state index is 0.0449. The van der Waals surface area contributed by atoms with Crippen LogP contribution in [0.1, 0.15) is 29.5 Å². The number of nitrogens with zero attached hydrogens (tertiary/aromatic N) is 3. The molecule has 0 saturated heterocycles. The molecule has 17 heavy (non-hydrogen) atoms. The molecule has 96 valence electrons. The molecular weight excluding hydrogens is 226 g/mol. The summed E-state index contributed by atoms with van der Waals surface area (Å²) < 4.78 is 6.23. The minimum atomic E-state index is -1.10. The van der Waals surface area contributed by atoms with Gasteiger partial charge in [-0.3, -0.25) is 0 Å². The maximum absolute atomic E-state index is 10.9. The Bertz CT molecular complexity index is 378. The third-order valence-corrected chi connectivity index (χ3v) is 2.27. The lowest BCUT2D eigenvalue weighted by Gasteiger charge is -2.11. The van der Waals surface area contributed by atoms with E-state index in [2.05, 4.69) is 10.3 Å². The number of aromatic nitrogens is 3. The van der Waals surface area contributed by atoms with Crippen LogP contribution in [0.3, 0.4) is 0 Å². The smallest absolute Gasteiger partial charge is 0.358 e. The summed E-state index contributed by atoms with van der Waals surface area (Å²) in [6.45, 7) is 2.30. The standard InChI is InChI=1S/C10H17N3O4/c1-3-4-8-9(10(15)16)11-12-13(8)5-7(14)6-17-2/h7,14H,3-6H2,1-2H3,(H,15,16). The Morgan fingerprint density at radius 3 is 2.82 bits per heavy atom. The largest absolute Gasteiger partial charge is 0.476 e. The number of rotatable bonds is 7. The van der Waals surface area contributed by atoms with Gasteiger partial charge in [0.2, 0.25) is 0 Å². The Morgan fingerprint density at radius 2 is 2.29 bits per heavy atom. The highest BCUT2D eigenvalue weighted by atomic mass is 16.5. The van der Waals surface area contributed by atoms with Crippen LogP contribution >= 0.6 is 0 Å². The lowest BCUT2D eigenvalue weighted by Crippen LogP contribution is -2.23. The summed E-state index contributed by atoms with van der Waals surface area (Å²) in [5.74, 6) is -1.10. The predicted molar refractivity (Wildman–Crippen MR) is 58.9 cm³/mol. The lowest BCUT2D eigenvalue weighted by atomic mass is 10.2. The Labute approximate surface area is 99.0 Å². The van der Waals surface area contributed by atoms with E-state index in [9.17, 15) is 9.90 Å². The van der Waals surface area contributed by atoms with Crippen molar-refractivity contribution < 1.29 is 19.7 Å². The molecule has 1 aromatic rings. The molecule has 1 heterocycles. The van der Waals surface area contributed by atoms with Gasteiger partial charge in [0, 0.05) is 7.11 Å². The van der Waals surface area contributed by atoms with E-state index in [0.29, 0.717) is 12.1 Å². The van der Waals surface area contributed by atoms with Gasteiger partial charge >= 0.3 is 5.97 Å². The van der Waals surface area contributed by atoms with Gasteiger partial charge in [-0.25, -0.2) is 9.48 Å². The Hall–Kier alpha value is -1.47. The van der Waals surface area contributed by atoms with Gasteiger partial charge in [0.15, 0.2) is 5.69 Å². The van der Waals surface area contributed by atoms with Gasteiger partial charge in [0.05, 0.1) is 24.9 Å². The van der Waals surface area contributed by atoms with E-state index < -0.39 is 12.1 Å². The van der Waals surface area contributed by atoms with Crippen molar-refractivity contribution in [2.75, 3.05) is 13.7 Å². The van der Waals surface area contributed by atoms with Crippen molar-refractivity contribution in [3.8, 4) is 0 Å². The van der Waals surface area contributed by atoms with E-state index in [0.717, 1.165) is 6.42 Å². The number of carboxylic acid groups (broad SMARTS) is 1. The number of aliphatic hydroxyl groups is 1. The van der Waals surface area contributed by atoms with Crippen molar-refractivity contribution in [1.29, 1.82) is 0 Å². The highest BCUT2D eigenvalue weighted by Crippen LogP contribution is 2.09. The first-order valence-electron chi connectivity index (χ1n) is 5.42. The van der Waals surface area contributed by atoms with Crippen LogP contribution in [0.4, 0.5) is 0 Å². The molecule has 7 heteroatoms. The maximum Gasteiger partial charge on any atom is 0.358 e.